The predicted octanol–water partition coefficient (Wildman–Crippen LogP) is 8.06. The van der Waals surface area contributed by atoms with E-state index in [4.69, 9.17) is 58.6 Å². The molecule has 1 fully saturated rings. The smallest absolute Gasteiger partial charge is 0.416 e. The SMILES string of the molecule is O=C(O)c1c(Cl)c(Cl)c(Cl)c(Cl)c1C(=O)NC1CCC(NC(=S)Nc2cc(C(F)(F)F)cc(C(F)(F)F)c2)CC1. The topological polar surface area (TPSA) is 90.5 Å². The Morgan fingerprint density at radius 3 is 1.60 bits per heavy atom. The lowest BCUT2D eigenvalue weighted by atomic mass is 9.91. The van der Waals surface area contributed by atoms with Gasteiger partial charge in [0.25, 0.3) is 5.91 Å². The second-order valence-corrected chi connectivity index (χ2v) is 10.6. The minimum absolute atomic E-state index is 0.00968. The number of benzene rings is 2. The standard InChI is InChI=1S/C23H17Cl4F6N3O3S/c24-15-13(14(20(38)39)16(25)18(27)17(15)26)19(37)34-10-1-3-11(4-2-10)35-21(40)36-12-6-8(22(28,29)30)5-9(7-12)23(31,32)33/h5-7,10-11H,1-4H2,(H,34,37)(H,38,39)(H2,35,36,40). The summed E-state index contributed by atoms with van der Waals surface area (Å²) in [6.45, 7) is 0. The van der Waals surface area contributed by atoms with Crippen LogP contribution in [-0.4, -0.2) is 34.2 Å². The average molecular weight is 671 g/mol. The van der Waals surface area contributed by atoms with Crippen molar-refractivity contribution in [1.29, 1.82) is 0 Å². The Morgan fingerprint density at radius 2 is 1.18 bits per heavy atom. The number of aromatic carboxylic acids is 1. The molecule has 2 aromatic carbocycles. The number of carboxylic acids is 1. The number of halogens is 10. The van der Waals surface area contributed by atoms with Gasteiger partial charge in [-0.1, -0.05) is 46.4 Å². The second kappa shape index (κ2) is 12.4. The van der Waals surface area contributed by atoms with Crippen LogP contribution < -0.4 is 16.0 Å². The number of carboxylic acid groups (broad SMARTS) is 1. The van der Waals surface area contributed by atoms with Gasteiger partial charge in [0.2, 0.25) is 0 Å². The van der Waals surface area contributed by atoms with Gasteiger partial charge in [-0.25, -0.2) is 4.79 Å². The fraction of sp³-hybridized carbons (Fsp3) is 0.348. The molecule has 6 nitrogen and oxygen atoms in total. The van der Waals surface area contributed by atoms with Crippen LogP contribution in [0.1, 0.15) is 57.5 Å². The molecule has 4 N–H and O–H groups in total. The van der Waals surface area contributed by atoms with E-state index in [0.29, 0.717) is 37.8 Å². The highest BCUT2D eigenvalue weighted by molar-refractivity contribution is 7.80. The summed E-state index contributed by atoms with van der Waals surface area (Å²) in [6, 6.07) is 0.285. The minimum Gasteiger partial charge on any atom is -0.478 e. The molecule has 17 heteroatoms. The van der Waals surface area contributed by atoms with Crippen LogP contribution >= 0.6 is 58.6 Å². The Hall–Kier alpha value is -2.19. The first-order valence-electron chi connectivity index (χ1n) is 11.2. The largest absolute Gasteiger partial charge is 0.478 e. The first-order valence-corrected chi connectivity index (χ1v) is 13.1. The molecular weight excluding hydrogens is 654 g/mol. The van der Waals surface area contributed by atoms with Crippen LogP contribution in [-0.2, 0) is 12.4 Å². The maximum Gasteiger partial charge on any atom is 0.416 e. The first kappa shape index (κ1) is 32.3. The van der Waals surface area contributed by atoms with Crippen molar-refractivity contribution in [2.45, 2.75) is 50.1 Å². The van der Waals surface area contributed by atoms with Gasteiger partial charge in [-0.15, -0.1) is 0 Å². The van der Waals surface area contributed by atoms with Crippen LogP contribution in [0, 0.1) is 0 Å². The highest BCUT2D eigenvalue weighted by Crippen LogP contribution is 2.42. The van der Waals surface area contributed by atoms with Crippen molar-refractivity contribution < 1.29 is 41.0 Å². The van der Waals surface area contributed by atoms with Crippen molar-refractivity contribution in [2.24, 2.45) is 0 Å². The van der Waals surface area contributed by atoms with E-state index in [0.717, 1.165) is 0 Å². The number of carbonyl (C=O) groups is 2. The van der Waals surface area contributed by atoms with E-state index < -0.39 is 63.2 Å². The summed E-state index contributed by atoms with van der Waals surface area (Å²) in [7, 11) is 0. The van der Waals surface area contributed by atoms with E-state index in [-0.39, 0.29) is 32.3 Å². The molecular formula is C23H17Cl4F6N3O3S. The quantitative estimate of drug-likeness (QED) is 0.111. The van der Waals surface area contributed by atoms with Gasteiger partial charge in [-0.3, -0.25) is 4.79 Å². The zero-order valence-electron chi connectivity index (χ0n) is 19.7. The first-order chi connectivity index (χ1) is 18.4. The lowest BCUT2D eigenvalue weighted by Crippen LogP contribution is -2.45. The molecule has 0 heterocycles. The third kappa shape index (κ3) is 7.55. The molecule has 0 atom stereocenters. The van der Waals surface area contributed by atoms with Crippen LogP contribution in [0.2, 0.25) is 20.1 Å². The number of nitrogens with one attached hydrogen (secondary N) is 3. The summed E-state index contributed by atoms with van der Waals surface area (Å²) in [5.41, 5.74) is -4.55. The lowest BCUT2D eigenvalue weighted by Gasteiger charge is -2.30. The van der Waals surface area contributed by atoms with Gasteiger partial charge in [-0.05, 0) is 56.1 Å². The Labute approximate surface area is 248 Å². The van der Waals surface area contributed by atoms with Crippen LogP contribution in [0.25, 0.3) is 0 Å². The van der Waals surface area contributed by atoms with Crippen LogP contribution in [0.5, 0.6) is 0 Å². The number of thiocarbonyl (C=S) groups is 1. The molecule has 1 aliphatic rings. The van der Waals surface area contributed by atoms with Crippen molar-refractivity contribution >= 4 is 81.3 Å². The van der Waals surface area contributed by atoms with Crippen molar-refractivity contribution in [2.75, 3.05) is 5.32 Å². The number of hydrogen-bond donors (Lipinski definition) is 4. The van der Waals surface area contributed by atoms with Crippen molar-refractivity contribution in [3.05, 3.63) is 60.5 Å². The highest BCUT2D eigenvalue weighted by atomic mass is 35.5. The minimum atomic E-state index is -5.01. The fourth-order valence-corrected chi connectivity index (χ4v) is 5.37. The summed E-state index contributed by atoms with van der Waals surface area (Å²) in [5.74, 6) is -2.39. The summed E-state index contributed by atoms with van der Waals surface area (Å²) in [5, 5.41) is 15.7. The number of amides is 1. The molecule has 0 aliphatic heterocycles. The molecule has 0 unspecified atom stereocenters. The molecule has 0 bridgehead atoms. The van der Waals surface area contributed by atoms with E-state index >= 15 is 0 Å². The lowest BCUT2D eigenvalue weighted by molar-refractivity contribution is -0.143. The second-order valence-electron chi connectivity index (χ2n) is 8.73. The fourth-order valence-electron chi connectivity index (χ4n) is 4.07. The zero-order chi connectivity index (χ0) is 30.2. The Bertz CT molecular complexity index is 1320. The Kier molecular flexibility index (Phi) is 9.99. The van der Waals surface area contributed by atoms with Crippen LogP contribution in [0.15, 0.2) is 18.2 Å². The normalized spacial score (nSPS) is 17.8. The summed E-state index contributed by atoms with van der Waals surface area (Å²) in [6.07, 6.45) is -8.50. The highest BCUT2D eigenvalue weighted by Gasteiger charge is 2.37. The maximum absolute atomic E-state index is 13.1. The van der Waals surface area contributed by atoms with E-state index in [1.165, 1.54) is 0 Å². The molecule has 1 amide bonds. The molecule has 1 aliphatic carbocycles. The molecule has 0 aromatic heterocycles. The van der Waals surface area contributed by atoms with E-state index in [2.05, 4.69) is 16.0 Å². The van der Waals surface area contributed by atoms with Gasteiger partial charge >= 0.3 is 18.3 Å². The van der Waals surface area contributed by atoms with Gasteiger partial charge in [-0.2, -0.15) is 26.3 Å². The summed E-state index contributed by atoms with van der Waals surface area (Å²) >= 11 is 29.0. The third-order valence-corrected chi connectivity index (χ3v) is 7.97. The number of anilines is 1. The number of alkyl halides is 6. The number of hydrogen-bond acceptors (Lipinski definition) is 3. The van der Waals surface area contributed by atoms with Gasteiger partial charge in [0.1, 0.15) is 0 Å². The summed E-state index contributed by atoms with van der Waals surface area (Å²) < 4.78 is 78.6. The molecule has 0 radical (unpaired) electrons. The van der Waals surface area contributed by atoms with E-state index in [9.17, 15) is 41.0 Å². The molecule has 3 rings (SSSR count). The van der Waals surface area contributed by atoms with Gasteiger partial charge in [0.15, 0.2) is 5.11 Å². The van der Waals surface area contributed by atoms with Crippen LogP contribution in [0.4, 0.5) is 32.0 Å². The van der Waals surface area contributed by atoms with Gasteiger partial charge < -0.3 is 21.1 Å². The Morgan fingerprint density at radius 1 is 0.750 bits per heavy atom. The zero-order valence-corrected chi connectivity index (χ0v) is 23.5. The molecule has 2 aromatic rings. The maximum atomic E-state index is 13.1. The molecule has 0 spiro atoms. The van der Waals surface area contributed by atoms with Crippen LogP contribution in [0.3, 0.4) is 0 Å². The van der Waals surface area contributed by atoms with E-state index in [1.807, 2.05) is 0 Å². The molecule has 40 heavy (non-hydrogen) atoms. The van der Waals surface area contributed by atoms with E-state index in [1.54, 1.807) is 0 Å². The van der Waals surface area contributed by atoms with Gasteiger partial charge in [0.05, 0.1) is 42.3 Å². The van der Waals surface area contributed by atoms with Crippen molar-refractivity contribution in [3.8, 4) is 0 Å². The number of rotatable bonds is 5. The molecule has 0 saturated heterocycles. The molecule has 218 valence electrons. The number of carbonyl (C=O) groups excluding carboxylic acids is 1. The molecule has 1 saturated carbocycles. The predicted molar refractivity (Wildman–Crippen MR) is 143 cm³/mol. The average Bonchev–Trinajstić information content (AvgIpc) is 2.84. The Balaban J connectivity index is 1.64. The third-order valence-electron chi connectivity index (χ3n) is 5.95. The van der Waals surface area contributed by atoms with Crippen molar-refractivity contribution in [1.82, 2.24) is 10.6 Å². The summed E-state index contributed by atoms with van der Waals surface area (Å²) in [4.78, 5) is 24.6. The van der Waals surface area contributed by atoms with Gasteiger partial charge in [0, 0.05) is 17.8 Å². The monoisotopic (exact) mass is 669 g/mol. The van der Waals surface area contributed by atoms with Crippen molar-refractivity contribution in [3.63, 3.8) is 0 Å².